The van der Waals surface area contributed by atoms with E-state index in [1.54, 1.807) is 5.43 Å². The number of hydrogen-bond donors (Lipinski definition) is 1. The van der Waals surface area contributed by atoms with Gasteiger partial charge in [-0.25, -0.2) is 4.79 Å². The summed E-state index contributed by atoms with van der Waals surface area (Å²) >= 11 is 0. The third-order valence-electron chi connectivity index (χ3n) is 3.10. The quantitative estimate of drug-likeness (QED) is 0.529. The molecule has 0 unspecified atom stereocenters. The van der Waals surface area contributed by atoms with Gasteiger partial charge in [0.15, 0.2) is 0 Å². The normalized spacial score (nSPS) is 15.1. The summed E-state index contributed by atoms with van der Waals surface area (Å²) in [4.78, 5) is 20.4. The molecule has 0 bridgehead atoms. The molecule has 6 nitrogen and oxygen atoms in total. The average molecular weight is 335 g/mol. The average Bonchev–Trinajstić information content (AvgIpc) is 3.21. The molecule has 2 rings (SSSR count). The Hall–Kier alpha value is -0.746. The number of methoxy groups -OCH3 is 2. The first-order valence-corrected chi connectivity index (χ1v) is 7.33. The van der Waals surface area contributed by atoms with E-state index in [-0.39, 0.29) is 21.7 Å². The van der Waals surface area contributed by atoms with Crippen LogP contribution in [0.4, 0.5) is 9.59 Å². The van der Waals surface area contributed by atoms with Crippen LogP contribution >= 0.6 is 0 Å². The standard InChI is InChI=1S/2C5H10.C4H8N2O4.Ti/c2*1-2-4-5-3-1;1-9-3(7)5-6-4(8)10-2;/h2*1-5H2;1-2H3,(H2,5,6,7,8);/q;;;+3/p-1. The molecule has 2 saturated carbocycles. The van der Waals surface area contributed by atoms with Gasteiger partial charge in [0.1, 0.15) is 0 Å². The third kappa shape index (κ3) is 17.2. The Balaban J connectivity index is 0. The van der Waals surface area contributed by atoms with Crippen LogP contribution in [0.2, 0.25) is 0 Å². The van der Waals surface area contributed by atoms with E-state index in [9.17, 15) is 9.59 Å². The van der Waals surface area contributed by atoms with E-state index in [1.807, 2.05) is 0 Å². The van der Waals surface area contributed by atoms with Crippen molar-refractivity contribution in [1.29, 1.82) is 0 Å². The second-order valence-corrected chi connectivity index (χ2v) is 4.72. The van der Waals surface area contributed by atoms with E-state index in [0.717, 1.165) is 14.2 Å². The minimum absolute atomic E-state index is 0. The number of nitrogens with zero attached hydrogens (tertiary/aromatic N) is 1. The van der Waals surface area contributed by atoms with Gasteiger partial charge in [0.05, 0.1) is 14.2 Å². The molecule has 2 aliphatic rings. The van der Waals surface area contributed by atoms with Crippen molar-refractivity contribution in [3.63, 3.8) is 0 Å². The van der Waals surface area contributed by atoms with Gasteiger partial charge < -0.3 is 20.3 Å². The van der Waals surface area contributed by atoms with Crippen LogP contribution in [0.3, 0.4) is 0 Å². The van der Waals surface area contributed by atoms with Crippen LogP contribution in [0.5, 0.6) is 0 Å². The molecule has 2 amide bonds. The monoisotopic (exact) mass is 335 g/mol. The van der Waals surface area contributed by atoms with Crippen molar-refractivity contribution < 1.29 is 40.8 Å². The fraction of sp³-hybridized carbons (Fsp3) is 0.857. The Morgan fingerprint density at radius 2 is 1.10 bits per heavy atom. The number of ether oxygens (including phenoxy) is 2. The van der Waals surface area contributed by atoms with Crippen LogP contribution in [-0.2, 0) is 31.2 Å². The molecule has 0 heterocycles. The molecule has 7 heteroatoms. The van der Waals surface area contributed by atoms with Crippen molar-refractivity contribution in [3.8, 4) is 0 Å². The van der Waals surface area contributed by atoms with E-state index in [2.05, 4.69) is 14.9 Å². The number of hydrogen-bond acceptors (Lipinski definition) is 4. The Bertz CT molecular complexity index is 216. The van der Waals surface area contributed by atoms with Gasteiger partial charge in [0.2, 0.25) is 6.09 Å². The molecule has 0 aromatic heterocycles. The van der Waals surface area contributed by atoms with E-state index in [1.165, 1.54) is 64.2 Å². The van der Waals surface area contributed by atoms with Gasteiger partial charge in [-0.2, -0.15) is 0 Å². The molecule has 0 saturated heterocycles. The summed E-state index contributed by atoms with van der Waals surface area (Å²) in [6.07, 6.45) is 13.3. The van der Waals surface area contributed by atoms with Crippen LogP contribution in [0.1, 0.15) is 64.2 Å². The second-order valence-electron chi connectivity index (χ2n) is 4.72. The number of carbonyl (C=O) groups is 2. The van der Waals surface area contributed by atoms with Crippen molar-refractivity contribution in [3.05, 3.63) is 5.43 Å². The van der Waals surface area contributed by atoms with Crippen molar-refractivity contribution in [2.45, 2.75) is 64.2 Å². The zero-order chi connectivity index (χ0) is 15.1. The molecule has 0 spiro atoms. The molecule has 1 radical (unpaired) electrons. The minimum Gasteiger partial charge on any atom is -0.525 e. The van der Waals surface area contributed by atoms with Gasteiger partial charge in [-0.15, -0.1) is 0 Å². The van der Waals surface area contributed by atoms with Crippen molar-refractivity contribution >= 4 is 12.2 Å². The zero-order valence-electron chi connectivity index (χ0n) is 13.2. The van der Waals surface area contributed by atoms with Crippen LogP contribution < -0.4 is 5.43 Å². The summed E-state index contributed by atoms with van der Waals surface area (Å²) in [5.74, 6) is 0. The fourth-order valence-corrected chi connectivity index (χ4v) is 1.95. The molecule has 1 N–H and O–H groups in total. The summed E-state index contributed by atoms with van der Waals surface area (Å²) in [6, 6.07) is 0. The molecule has 0 atom stereocenters. The van der Waals surface area contributed by atoms with E-state index < -0.39 is 12.2 Å². The van der Waals surface area contributed by atoms with Crippen LogP contribution in [0, 0.1) is 0 Å². The molecular formula is C14H27N2O4Ti+2. The van der Waals surface area contributed by atoms with E-state index >= 15 is 0 Å². The van der Waals surface area contributed by atoms with Gasteiger partial charge in [-0.1, -0.05) is 64.2 Å². The molecule has 21 heavy (non-hydrogen) atoms. The number of rotatable bonds is 0. The number of carbonyl (C=O) groups excluding carboxylic acids is 2. The maximum Gasteiger partial charge on any atom is 3.00 e. The second kappa shape index (κ2) is 17.3. The van der Waals surface area contributed by atoms with Gasteiger partial charge in [-0.3, -0.25) is 4.79 Å². The van der Waals surface area contributed by atoms with Crippen molar-refractivity contribution in [2.24, 2.45) is 0 Å². The molecule has 2 aliphatic carbocycles. The fourth-order valence-electron chi connectivity index (χ4n) is 1.95. The van der Waals surface area contributed by atoms with Gasteiger partial charge in [0, 0.05) is 0 Å². The molecule has 0 aliphatic heterocycles. The summed E-state index contributed by atoms with van der Waals surface area (Å²) in [6.45, 7) is 0. The largest absolute Gasteiger partial charge is 3.00 e. The molecule has 0 aromatic carbocycles. The third-order valence-corrected chi connectivity index (χ3v) is 3.10. The smallest absolute Gasteiger partial charge is 0.525 e. The van der Waals surface area contributed by atoms with Crippen LogP contribution in [0.25, 0.3) is 5.43 Å². The van der Waals surface area contributed by atoms with Crippen molar-refractivity contribution in [1.82, 2.24) is 5.43 Å². The van der Waals surface area contributed by atoms with E-state index in [0.29, 0.717) is 0 Å². The SMILES string of the molecule is C1CCCC1.C1CCCC1.COC(=O)[N-]NC(=O)OC.[Ti+3]. The molecule has 0 aromatic rings. The topological polar surface area (TPSA) is 78.7 Å². The predicted octanol–water partition coefficient (Wildman–Crippen LogP) is 4.30. The minimum atomic E-state index is -0.884. The Morgan fingerprint density at radius 3 is 1.33 bits per heavy atom. The molecule has 2 fully saturated rings. The summed E-state index contributed by atoms with van der Waals surface area (Å²) in [5, 5.41) is 0. The number of nitrogens with one attached hydrogen (secondary N) is 1. The Labute approximate surface area is 142 Å². The number of amides is 2. The van der Waals surface area contributed by atoms with Crippen LogP contribution in [0.15, 0.2) is 0 Å². The van der Waals surface area contributed by atoms with Gasteiger partial charge >= 0.3 is 27.8 Å². The summed E-state index contributed by atoms with van der Waals surface area (Å²) in [5.41, 5.74) is 4.70. The Kier molecular flexibility index (Phi) is 18.6. The molecule has 119 valence electrons. The van der Waals surface area contributed by atoms with Gasteiger partial charge in [0.25, 0.3) is 0 Å². The molecular weight excluding hydrogens is 308 g/mol. The predicted molar refractivity (Wildman–Crippen MR) is 77.5 cm³/mol. The first-order chi connectivity index (χ1) is 9.70. The summed E-state index contributed by atoms with van der Waals surface area (Å²) < 4.78 is 8.16. The van der Waals surface area contributed by atoms with Crippen LogP contribution in [-0.4, -0.2) is 26.4 Å². The first-order valence-electron chi connectivity index (χ1n) is 7.33. The van der Waals surface area contributed by atoms with E-state index in [4.69, 9.17) is 0 Å². The zero-order valence-corrected chi connectivity index (χ0v) is 14.7. The summed E-state index contributed by atoms with van der Waals surface area (Å²) in [7, 11) is 2.30. The Morgan fingerprint density at radius 1 is 0.762 bits per heavy atom. The van der Waals surface area contributed by atoms with Gasteiger partial charge in [-0.05, 0) is 0 Å². The first kappa shape index (κ1) is 22.5. The van der Waals surface area contributed by atoms with Crippen molar-refractivity contribution in [2.75, 3.05) is 14.2 Å². The maximum absolute atomic E-state index is 10.2. The maximum atomic E-state index is 10.2.